The molecule has 164 valence electrons. The van der Waals surface area contributed by atoms with E-state index >= 15 is 0 Å². The smallest absolute Gasteiger partial charge is 0.301 e. The number of rotatable bonds is 3. The van der Waals surface area contributed by atoms with Crippen LogP contribution >= 0.6 is 22.9 Å². The van der Waals surface area contributed by atoms with Crippen LogP contribution < -0.4 is 4.90 Å². The Labute approximate surface area is 197 Å². The maximum Gasteiger partial charge on any atom is 0.301 e. The summed E-state index contributed by atoms with van der Waals surface area (Å²) in [5.74, 6) is -2.40. The highest BCUT2D eigenvalue weighted by molar-refractivity contribution is 7.22. The van der Waals surface area contributed by atoms with Gasteiger partial charge in [0.15, 0.2) is 5.13 Å². The lowest BCUT2D eigenvalue weighted by molar-refractivity contribution is -0.132. The van der Waals surface area contributed by atoms with Crippen LogP contribution in [-0.4, -0.2) is 21.8 Å². The minimum absolute atomic E-state index is 0.0762. The van der Waals surface area contributed by atoms with E-state index in [0.717, 1.165) is 10.3 Å². The van der Waals surface area contributed by atoms with Crippen molar-refractivity contribution in [1.82, 2.24) is 4.98 Å². The Kier molecular flexibility index (Phi) is 5.23. The number of carbonyl (C=O) groups excluding carboxylic acids is 2. The number of aliphatic hydroxyl groups is 1. The Morgan fingerprint density at radius 2 is 1.76 bits per heavy atom. The van der Waals surface area contributed by atoms with Crippen molar-refractivity contribution in [1.29, 1.82) is 0 Å². The van der Waals surface area contributed by atoms with E-state index in [9.17, 15) is 19.1 Å². The quantitative estimate of drug-likeness (QED) is 0.222. The molecule has 1 N–H and O–H groups in total. The molecule has 3 aromatic carbocycles. The first-order valence-corrected chi connectivity index (χ1v) is 11.2. The van der Waals surface area contributed by atoms with Gasteiger partial charge < -0.3 is 5.11 Å². The van der Waals surface area contributed by atoms with Crippen LogP contribution in [0.15, 0.2) is 72.3 Å². The van der Waals surface area contributed by atoms with E-state index in [1.807, 2.05) is 6.92 Å². The van der Waals surface area contributed by atoms with E-state index in [4.69, 9.17) is 11.6 Å². The van der Waals surface area contributed by atoms with Gasteiger partial charge >= 0.3 is 5.91 Å². The molecule has 0 spiro atoms. The number of Topliss-reactive ketones (excluding diaryl/α,β-unsaturated/α-hetero) is 1. The summed E-state index contributed by atoms with van der Waals surface area (Å²) in [5, 5.41) is 11.9. The molecule has 1 amide bonds. The number of halogens is 2. The van der Waals surface area contributed by atoms with E-state index < -0.39 is 23.5 Å². The minimum Gasteiger partial charge on any atom is -0.507 e. The Bertz CT molecular complexity index is 1450. The van der Waals surface area contributed by atoms with Gasteiger partial charge in [0.05, 0.1) is 21.8 Å². The molecule has 0 saturated carbocycles. The van der Waals surface area contributed by atoms with Crippen molar-refractivity contribution in [3.8, 4) is 0 Å². The monoisotopic (exact) mass is 478 g/mol. The molecular formula is C25H16ClFN2O3S. The first-order chi connectivity index (χ1) is 15.8. The Hall–Kier alpha value is -3.55. The number of hydrogen-bond acceptors (Lipinski definition) is 5. The van der Waals surface area contributed by atoms with Gasteiger partial charge in [0.2, 0.25) is 0 Å². The SMILES string of the molecule is Cc1ccc(C(O)=C2C(=O)C(=O)N(c3nc4ccc(Cl)cc4s3)C2c2ccc(F)cc2)cc1. The van der Waals surface area contributed by atoms with Crippen LogP contribution in [0.2, 0.25) is 5.02 Å². The number of nitrogens with zero attached hydrogens (tertiary/aromatic N) is 2. The molecular weight excluding hydrogens is 463 g/mol. The number of thiazole rings is 1. The highest BCUT2D eigenvalue weighted by Gasteiger charge is 2.48. The summed E-state index contributed by atoms with van der Waals surface area (Å²) in [6.45, 7) is 1.90. The fourth-order valence-electron chi connectivity index (χ4n) is 3.85. The number of ketones is 1. The fourth-order valence-corrected chi connectivity index (χ4v) is 5.11. The zero-order valence-electron chi connectivity index (χ0n) is 17.3. The van der Waals surface area contributed by atoms with Crippen LogP contribution in [-0.2, 0) is 9.59 Å². The van der Waals surface area contributed by atoms with E-state index in [0.29, 0.717) is 21.7 Å². The summed E-state index contributed by atoms with van der Waals surface area (Å²) < 4.78 is 14.4. The number of aliphatic hydroxyl groups excluding tert-OH is 1. The molecule has 2 heterocycles. The molecule has 0 radical (unpaired) electrons. The molecule has 1 atom stereocenters. The lowest BCUT2D eigenvalue weighted by atomic mass is 9.95. The summed E-state index contributed by atoms with van der Waals surface area (Å²) in [6, 6.07) is 16.6. The second-order valence-corrected chi connectivity index (χ2v) is 9.14. The van der Waals surface area contributed by atoms with Crippen molar-refractivity contribution in [2.75, 3.05) is 4.90 Å². The molecule has 1 unspecified atom stereocenters. The molecule has 1 aliphatic rings. The third-order valence-electron chi connectivity index (χ3n) is 5.50. The Balaban J connectivity index is 1.73. The number of benzene rings is 3. The largest absolute Gasteiger partial charge is 0.507 e. The summed E-state index contributed by atoms with van der Waals surface area (Å²) in [6.07, 6.45) is 0. The Morgan fingerprint density at radius 1 is 1.06 bits per heavy atom. The number of carbonyl (C=O) groups is 2. The fraction of sp³-hybridized carbons (Fsp3) is 0.0800. The molecule has 1 aliphatic heterocycles. The molecule has 0 bridgehead atoms. The van der Waals surface area contributed by atoms with Crippen molar-refractivity contribution in [3.05, 3.63) is 99.8 Å². The molecule has 1 saturated heterocycles. The number of aryl methyl sites for hydroxylation is 1. The molecule has 33 heavy (non-hydrogen) atoms. The summed E-state index contributed by atoms with van der Waals surface area (Å²) >= 11 is 7.30. The highest BCUT2D eigenvalue weighted by Crippen LogP contribution is 2.44. The zero-order valence-corrected chi connectivity index (χ0v) is 18.8. The van der Waals surface area contributed by atoms with E-state index in [1.165, 1.54) is 40.5 Å². The summed E-state index contributed by atoms with van der Waals surface area (Å²) in [7, 11) is 0. The van der Waals surface area contributed by atoms with Crippen LogP contribution in [0.3, 0.4) is 0 Å². The molecule has 5 rings (SSSR count). The topological polar surface area (TPSA) is 70.5 Å². The zero-order chi connectivity index (χ0) is 23.3. The van der Waals surface area contributed by atoms with E-state index in [-0.39, 0.29) is 16.5 Å². The van der Waals surface area contributed by atoms with Crippen LogP contribution in [0.1, 0.15) is 22.7 Å². The van der Waals surface area contributed by atoms with Crippen LogP contribution in [0.4, 0.5) is 9.52 Å². The second kappa shape index (κ2) is 8.10. The summed E-state index contributed by atoms with van der Waals surface area (Å²) in [5.41, 5.74) is 2.41. The van der Waals surface area contributed by atoms with Crippen molar-refractivity contribution in [3.63, 3.8) is 0 Å². The number of amides is 1. The summed E-state index contributed by atoms with van der Waals surface area (Å²) in [4.78, 5) is 32.1. The van der Waals surface area contributed by atoms with Crippen LogP contribution in [0, 0.1) is 12.7 Å². The average molecular weight is 479 g/mol. The van der Waals surface area contributed by atoms with Crippen molar-refractivity contribution in [2.45, 2.75) is 13.0 Å². The third-order valence-corrected chi connectivity index (χ3v) is 6.75. The van der Waals surface area contributed by atoms with Gasteiger partial charge in [-0.05, 0) is 42.8 Å². The minimum atomic E-state index is -0.970. The molecule has 5 nitrogen and oxygen atoms in total. The Morgan fingerprint density at radius 3 is 2.45 bits per heavy atom. The van der Waals surface area contributed by atoms with E-state index in [1.54, 1.807) is 42.5 Å². The number of hydrogen-bond donors (Lipinski definition) is 1. The number of aromatic nitrogens is 1. The van der Waals surface area contributed by atoms with Crippen molar-refractivity contribution < 1.29 is 19.1 Å². The predicted octanol–water partition coefficient (Wildman–Crippen LogP) is 6.02. The van der Waals surface area contributed by atoms with E-state index in [2.05, 4.69) is 4.98 Å². The van der Waals surface area contributed by atoms with Gasteiger partial charge in [-0.1, -0.05) is 64.9 Å². The van der Waals surface area contributed by atoms with Gasteiger partial charge in [0.1, 0.15) is 11.6 Å². The molecule has 1 fully saturated rings. The lowest BCUT2D eigenvalue weighted by Gasteiger charge is -2.23. The van der Waals surface area contributed by atoms with Gasteiger partial charge in [-0.2, -0.15) is 0 Å². The normalized spacial score (nSPS) is 17.8. The van der Waals surface area contributed by atoms with Crippen LogP contribution in [0.25, 0.3) is 16.0 Å². The second-order valence-electron chi connectivity index (χ2n) is 7.70. The molecule has 8 heteroatoms. The van der Waals surface area contributed by atoms with Gasteiger partial charge in [0, 0.05) is 10.6 Å². The molecule has 4 aromatic rings. The van der Waals surface area contributed by atoms with Gasteiger partial charge in [-0.3, -0.25) is 14.5 Å². The van der Waals surface area contributed by atoms with Crippen molar-refractivity contribution in [2.24, 2.45) is 0 Å². The number of anilines is 1. The predicted molar refractivity (Wildman–Crippen MR) is 127 cm³/mol. The lowest BCUT2D eigenvalue weighted by Crippen LogP contribution is -2.29. The van der Waals surface area contributed by atoms with Crippen LogP contribution in [0.5, 0.6) is 0 Å². The van der Waals surface area contributed by atoms with Gasteiger partial charge in [0.25, 0.3) is 5.78 Å². The standard InChI is InChI=1S/C25H16ClFN2O3S/c1-13-2-4-15(5-3-13)22(30)20-21(14-6-9-17(27)10-7-14)29(24(32)23(20)31)25-28-18-11-8-16(26)12-19(18)33-25/h2-12,21,30H,1H3. The third kappa shape index (κ3) is 3.69. The highest BCUT2D eigenvalue weighted by atomic mass is 35.5. The molecule has 1 aromatic heterocycles. The first-order valence-electron chi connectivity index (χ1n) is 10.0. The maximum absolute atomic E-state index is 13.7. The van der Waals surface area contributed by atoms with Gasteiger partial charge in [-0.15, -0.1) is 0 Å². The first kappa shape index (κ1) is 21.3. The van der Waals surface area contributed by atoms with Crippen molar-refractivity contribution >= 4 is 55.7 Å². The maximum atomic E-state index is 13.7. The average Bonchev–Trinajstić information content (AvgIpc) is 3.32. The van der Waals surface area contributed by atoms with Gasteiger partial charge in [-0.25, -0.2) is 9.37 Å². The molecule has 0 aliphatic carbocycles. The number of fused-ring (bicyclic) bond motifs is 1.